The third kappa shape index (κ3) is 4.15. The molecule has 0 aromatic heterocycles. The van der Waals surface area contributed by atoms with Gasteiger partial charge >= 0.3 is 0 Å². The Morgan fingerprint density at radius 3 is 2.90 bits per heavy atom. The number of halogens is 1. The Morgan fingerprint density at radius 1 is 1.52 bits per heavy atom. The predicted molar refractivity (Wildman–Crippen MR) is 81.6 cm³/mol. The maximum absolute atomic E-state index is 12.1. The Hall–Kier alpha value is -1.66. The molecule has 1 fully saturated rings. The standard InChI is InChI=1S/C14H18ClN3O3/c1-10-4-2-3-7-17(10)9-14(19)16-13-6-5-11(18(20)21)8-12(13)15/h5-6,8,10H,2-4,7,9H2,1H3,(H,16,19). The second kappa shape index (κ2) is 6.87. The number of rotatable bonds is 4. The number of hydrogen-bond donors (Lipinski definition) is 1. The normalized spacial score (nSPS) is 19.2. The quantitative estimate of drug-likeness (QED) is 0.685. The second-order valence-electron chi connectivity index (χ2n) is 5.28. The molecule has 0 radical (unpaired) electrons. The van der Waals surface area contributed by atoms with Crippen molar-refractivity contribution in [2.45, 2.75) is 32.2 Å². The molecule has 0 saturated carbocycles. The number of carbonyl (C=O) groups excluding carboxylic acids is 1. The average Bonchev–Trinajstić information content (AvgIpc) is 2.43. The number of hydrogen-bond acceptors (Lipinski definition) is 4. The van der Waals surface area contributed by atoms with Crippen LogP contribution in [0.15, 0.2) is 18.2 Å². The molecule has 1 heterocycles. The lowest BCUT2D eigenvalue weighted by Crippen LogP contribution is -2.42. The summed E-state index contributed by atoms with van der Waals surface area (Å²) in [5, 5.41) is 13.5. The van der Waals surface area contributed by atoms with Crippen LogP contribution in [0.3, 0.4) is 0 Å². The van der Waals surface area contributed by atoms with E-state index < -0.39 is 4.92 Å². The van der Waals surface area contributed by atoms with Gasteiger partial charge in [-0.1, -0.05) is 18.0 Å². The first-order valence-electron chi connectivity index (χ1n) is 6.95. The van der Waals surface area contributed by atoms with Crippen LogP contribution in [0, 0.1) is 10.1 Å². The third-order valence-electron chi connectivity index (χ3n) is 3.72. The van der Waals surface area contributed by atoms with E-state index >= 15 is 0 Å². The molecule has 1 aromatic rings. The monoisotopic (exact) mass is 311 g/mol. The molecule has 1 amide bonds. The van der Waals surface area contributed by atoms with E-state index in [2.05, 4.69) is 17.1 Å². The SMILES string of the molecule is CC1CCCCN1CC(=O)Nc1ccc([N+](=O)[O-])cc1Cl. The smallest absolute Gasteiger partial charge is 0.271 e. The van der Waals surface area contributed by atoms with Gasteiger partial charge < -0.3 is 5.32 Å². The lowest BCUT2D eigenvalue weighted by Gasteiger charge is -2.32. The summed E-state index contributed by atoms with van der Waals surface area (Å²) in [5.41, 5.74) is 0.305. The fraction of sp³-hybridized carbons (Fsp3) is 0.500. The van der Waals surface area contributed by atoms with E-state index in [1.165, 1.54) is 24.6 Å². The minimum atomic E-state index is -0.521. The van der Waals surface area contributed by atoms with E-state index in [0.717, 1.165) is 19.4 Å². The number of carbonyl (C=O) groups is 1. The highest BCUT2D eigenvalue weighted by Crippen LogP contribution is 2.26. The summed E-state index contributed by atoms with van der Waals surface area (Å²) in [6.45, 7) is 3.35. The number of anilines is 1. The highest BCUT2D eigenvalue weighted by atomic mass is 35.5. The molecule has 1 aliphatic heterocycles. The van der Waals surface area contributed by atoms with Gasteiger partial charge in [0.25, 0.3) is 5.69 Å². The van der Waals surface area contributed by atoms with Crippen molar-refractivity contribution in [1.29, 1.82) is 0 Å². The van der Waals surface area contributed by atoms with Gasteiger partial charge in [0, 0.05) is 18.2 Å². The van der Waals surface area contributed by atoms with Crippen molar-refractivity contribution in [1.82, 2.24) is 4.90 Å². The van der Waals surface area contributed by atoms with Crippen LogP contribution in [-0.4, -0.2) is 34.9 Å². The number of non-ortho nitro benzene ring substituents is 1. The molecule has 0 spiro atoms. The van der Waals surface area contributed by atoms with E-state index in [0.29, 0.717) is 18.3 Å². The van der Waals surface area contributed by atoms with Crippen LogP contribution in [-0.2, 0) is 4.79 Å². The fourth-order valence-corrected chi connectivity index (χ4v) is 2.71. The second-order valence-corrected chi connectivity index (χ2v) is 5.69. The molecule has 21 heavy (non-hydrogen) atoms. The zero-order valence-corrected chi connectivity index (χ0v) is 12.6. The van der Waals surface area contributed by atoms with Crippen LogP contribution in [0.25, 0.3) is 0 Å². The molecule has 1 aliphatic rings. The molecule has 0 bridgehead atoms. The zero-order valence-electron chi connectivity index (χ0n) is 11.8. The van der Waals surface area contributed by atoms with E-state index in [1.807, 2.05) is 0 Å². The summed E-state index contributed by atoms with van der Waals surface area (Å²) in [5.74, 6) is -0.153. The van der Waals surface area contributed by atoms with Crippen molar-refractivity contribution in [3.63, 3.8) is 0 Å². The van der Waals surface area contributed by atoms with Crippen molar-refractivity contribution in [3.8, 4) is 0 Å². The topological polar surface area (TPSA) is 75.5 Å². The number of nitro groups is 1. The largest absolute Gasteiger partial charge is 0.324 e. The summed E-state index contributed by atoms with van der Waals surface area (Å²) >= 11 is 5.96. The van der Waals surface area contributed by atoms with E-state index in [9.17, 15) is 14.9 Å². The highest BCUT2D eigenvalue weighted by Gasteiger charge is 2.21. The number of nitro benzene ring substituents is 1. The van der Waals surface area contributed by atoms with Gasteiger partial charge in [0.15, 0.2) is 0 Å². The molecule has 1 unspecified atom stereocenters. The number of nitrogens with zero attached hydrogens (tertiary/aromatic N) is 2. The number of likely N-dealkylation sites (tertiary alicyclic amines) is 1. The predicted octanol–water partition coefficient (Wildman–Crippen LogP) is 3.06. The maximum Gasteiger partial charge on any atom is 0.271 e. The molecule has 1 saturated heterocycles. The van der Waals surface area contributed by atoms with Crippen molar-refractivity contribution < 1.29 is 9.72 Å². The number of benzene rings is 1. The average molecular weight is 312 g/mol. The maximum atomic E-state index is 12.1. The van der Waals surface area contributed by atoms with E-state index in [-0.39, 0.29) is 16.6 Å². The molecule has 2 rings (SSSR count). The molecule has 1 N–H and O–H groups in total. The van der Waals surface area contributed by atoms with Crippen molar-refractivity contribution in [2.24, 2.45) is 0 Å². The van der Waals surface area contributed by atoms with Gasteiger partial charge in [-0.3, -0.25) is 19.8 Å². The van der Waals surface area contributed by atoms with Crippen LogP contribution in [0.4, 0.5) is 11.4 Å². The van der Waals surface area contributed by atoms with Crippen LogP contribution in [0.5, 0.6) is 0 Å². The molecule has 114 valence electrons. The van der Waals surface area contributed by atoms with Gasteiger partial charge in [-0.2, -0.15) is 0 Å². The first kappa shape index (κ1) is 15.7. The number of amides is 1. The van der Waals surface area contributed by atoms with Gasteiger partial charge in [-0.15, -0.1) is 0 Å². The van der Waals surface area contributed by atoms with E-state index in [1.54, 1.807) is 0 Å². The highest BCUT2D eigenvalue weighted by molar-refractivity contribution is 6.34. The lowest BCUT2D eigenvalue weighted by atomic mass is 10.0. The number of nitrogens with one attached hydrogen (secondary N) is 1. The first-order valence-corrected chi connectivity index (χ1v) is 7.33. The van der Waals surface area contributed by atoms with Gasteiger partial charge in [0.1, 0.15) is 0 Å². The molecule has 6 nitrogen and oxygen atoms in total. The minimum Gasteiger partial charge on any atom is -0.324 e. The van der Waals surface area contributed by atoms with Gasteiger partial charge in [-0.05, 0) is 32.4 Å². The molecule has 0 aliphatic carbocycles. The van der Waals surface area contributed by atoms with Gasteiger partial charge in [0.05, 0.1) is 22.2 Å². The number of piperidine rings is 1. The Bertz CT molecular complexity index is 550. The van der Waals surface area contributed by atoms with E-state index in [4.69, 9.17) is 11.6 Å². The molecular weight excluding hydrogens is 294 g/mol. The molecule has 1 atom stereocenters. The summed E-state index contributed by atoms with van der Waals surface area (Å²) in [7, 11) is 0. The third-order valence-corrected chi connectivity index (χ3v) is 4.04. The molecule has 7 heteroatoms. The molecular formula is C14H18ClN3O3. The Balaban J connectivity index is 1.97. The van der Waals surface area contributed by atoms with Crippen molar-refractivity contribution >= 4 is 28.9 Å². The van der Waals surface area contributed by atoms with Crippen molar-refractivity contribution in [2.75, 3.05) is 18.4 Å². The van der Waals surface area contributed by atoms with Gasteiger partial charge in [-0.25, -0.2) is 0 Å². The Morgan fingerprint density at radius 2 is 2.29 bits per heavy atom. The Labute approximate surface area is 128 Å². The molecule has 1 aromatic carbocycles. The fourth-order valence-electron chi connectivity index (χ4n) is 2.49. The first-order chi connectivity index (χ1) is 9.97. The van der Waals surface area contributed by atoms with Crippen LogP contribution >= 0.6 is 11.6 Å². The lowest BCUT2D eigenvalue weighted by molar-refractivity contribution is -0.384. The summed E-state index contributed by atoms with van der Waals surface area (Å²) in [6, 6.07) is 4.42. The summed E-state index contributed by atoms with van der Waals surface area (Å²) in [4.78, 5) is 24.3. The minimum absolute atomic E-state index is 0.0948. The van der Waals surface area contributed by atoms with Crippen LogP contribution < -0.4 is 5.32 Å². The summed E-state index contributed by atoms with van der Waals surface area (Å²) < 4.78 is 0. The van der Waals surface area contributed by atoms with Crippen molar-refractivity contribution in [3.05, 3.63) is 33.3 Å². The van der Waals surface area contributed by atoms with Crippen LogP contribution in [0.1, 0.15) is 26.2 Å². The van der Waals surface area contributed by atoms with Gasteiger partial charge in [0.2, 0.25) is 5.91 Å². The summed E-state index contributed by atoms with van der Waals surface area (Å²) in [6.07, 6.45) is 3.41. The zero-order chi connectivity index (χ0) is 15.4. The Kier molecular flexibility index (Phi) is 5.14. The van der Waals surface area contributed by atoms with Crippen LogP contribution in [0.2, 0.25) is 5.02 Å².